The van der Waals surface area contributed by atoms with E-state index in [2.05, 4.69) is 0 Å². The van der Waals surface area contributed by atoms with Crippen molar-refractivity contribution in [2.24, 2.45) is 11.5 Å². The Labute approximate surface area is 208 Å². The molecule has 192 valence electrons. The fraction of sp³-hybridized carbons (Fsp3) is 0.538. The van der Waals surface area contributed by atoms with Crippen molar-refractivity contribution in [3.63, 3.8) is 0 Å². The van der Waals surface area contributed by atoms with Crippen molar-refractivity contribution in [1.82, 2.24) is 9.80 Å². The Hall–Kier alpha value is -3.20. The van der Waals surface area contributed by atoms with Gasteiger partial charge in [-0.2, -0.15) is 0 Å². The lowest BCUT2D eigenvalue weighted by atomic mass is 10.1. The van der Waals surface area contributed by atoms with Crippen LogP contribution in [0.2, 0.25) is 0 Å². The number of carbonyl (C=O) groups is 4. The average molecular weight is 486 g/mol. The summed E-state index contributed by atoms with van der Waals surface area (Å²) in [6, 6.07) is 5.74. The first-order chi connectivity index (χ1) is 16.8. The summed E-state index contributed by atoms with van der Waals surface area (Å²) in [5.41, 5.74) is 14.0. The minimum absolute atomic E-state index is 0.123. The zero-order valence-corrected chi connectivity index (χ0v) is 21.0. The molecule has 0 aliphatic heterocycles. The quantitative estimate of drug-likeness (QED) is 0.304. The molecule has 0 spiro atoms. The number of benzene rings is 1. The van der Waals surface area contributed by atoms with Crippen LogP contribution in [0.3, 0.4) is 0 Å². The van der Waals surface area contributed by atoms with Crippen molar-refractivity contribution >= 4 is 29.3 Å². The third kappa shape index (κ3) is 8.83. The zero-order valence-electron chi connectivity index (χ0n) is 21.0. The normalized spacial score (nSPS) is 12.4. The summed E-state index contributed by atoms with van der Waals surface area (Å²) in [7, 11) is 0. The van der Waals surface area contributed by atoms with Gasteiger partial charge in [0.05, 0.1) is 6.54 Å². The van der Waals surface area contributed by atoms with Crippen LogP contribution in [0.15, 0.2) is 30.4 Å². The Morgan fingerprint density at radius 1 is 0.943 bits per heavy atom. The van der Waals surface area contributed by atoms with Crippen molar-refractivity contribution in [3.8, 4) is 0 Å². The number of hydrogen-bond donors (Lipinski definition) is 2. The third-order valence-electron chi connectivity index (χ3n) is 6.07. The molecule has 35 heavy (non-hydrogen) atoms. The maximum absolute atomic E-state index is 13.4. The van der Waals surface area contributed by atoms with Gasteiger partial charge in [-0.25, -0.2) is 0 Å². The highest BCUT2D eigenvalue weighted by atomic mass is 16.2. The Kier molecular flexibility index (Phi) is 11.4. The standard InChI is InChI=1S/C26H39N5O4/c1-3-4-6-15-30(25(34)18-29(20(2)32)14-7-5-13-27)19-26(35)31(17-24(28)33)23-12-11-21-9-8-10-22(21)16-23/h4,6,11-12,16H,3,5,7-10,13-15,17-19,27H2,1-2H3,(H2,28,33)/b6-4+. The highest BCUT2D eigenvalue weighted by Crippen LogP contribution is 2.27. The largest absolute Gasteiger partial charge is 0.368 e. The van der Waals surface area contributed by atoms with Gasteiger partial charge in [0.25, 0.3) is 0 Å². The molecule has 0 fully saturated rings. The molecule has 0 atom stereocenters. The topological polar surface area (TPSA) is 130 Å². The smallest absolute Gasteiger partial charge is 0.247 e. The van der Waals surface area contributed by atoms with Gasteiger partial charge in [0.15, 0.2) is 0 Å². The van der Waals surface area contributed by atoms with Crippen LogP contribution in [-0.2, 0) is 32.0 Å². The maximum atomic E-state index is 13.4. The maximum Gasteiger partial charge on any atom is 0.247 e. The third-order valence-corrected chi connectivity index (χ3v) is 6.07. The second-order valence-corrected chi connectivity index (χ2v) is 8.84. The molecule has 1 aliphatic carbocycles. The lowest BCUT2D eigenvalue weighted by molar-refractivity contribution is -0.140. The van der Waals surface area contributed by atoms with Crippen LogP contribution >= 0.6 is 0 Å². The highest BCUT2D eigenvalue weighted by molar-refractivity contribution is 6.01. The summed E-state index contributed by atoms with van der Waals surface area (Å²) < 4.78 is 0. The molecule has 4 N–H and O–H groups in total. The second-order valence-electron chi connectivity index (χ2n) is 8.84. The summed E-state index contributed by atoms with van der Waals surface area (Å²) in [5, 5.41) is 0. The van der Waals surface area contributed by atoms with Crippen LogP contribution < -0.4 is 16.4 Å². The molecule has 0 bridgehead atoms. The first kappa shape index (κ1) is 28.0. The summed E-state index contributed by atoms with van der Waals surface area (Å²) in [6.45, 7) is 3.93. The molecule has 0 aromatic heterocycles. The van der Waals surface area contributed by atoms with Gasteiger partial charge in [0.2, 0.25) is 23.6 Å². The van der Waals surface area contributed by atoms with Gasteiger partial charge in [-0.1, -0.05) is 25.1 Å². The number of aryl methyl sites for hydroxylation is 2. The van der Waals surface area contributed by atoms with Gasteiger partial charge in [-0.3, -0.25) is 19.2 Å². The molecule has 9 heteroatoms. The van der Waals surface area contributed by atoms with Gasteiger partial charge < -0.3 is 26.2 Å². The van der Waals surface area contributed by atoms with E-state index in [4.69, 9.17) is 11.5 Å². The van der Waals surface area contributed by atoms with Crippen molar-refractivity contribution < 1.29 is 19.2 Å². The lowest BCUT2D eigenvalue weighted by Gasteiger charge is -2.29. The SMILES string of the molecule is CC/C=C/CN(CC(=O)N(CC(N)=O)c1ccc2c(c1)CCC2)C(=O)CN(CCCCN)C(C)=O. The van der Waals surface area contributed by atoms with E-state index in [0.717, 1.165) is 37.7 Å². The van der Waals surface area contributed by atoms with E-state index in [1.54, 1.807) is 0 Å². The van der Waals surface area contributed by atoms with Crippen LogP contribution in [0.4, 0.5) is 5.69 Å². The molecular formula is C26H39N5O4. The molecule has 0 saturated heterocycles. The van der Waals surface area contributed by atoms with Gasteiger partial charge in [-0.05, 0) is 68.3 Å². The van der Waals surface area contributed by atoms with E-state index in [-0.39, 0.29) is 38.0 Å². The first-order valence-electron chi connectivity index (χ1n) is 12.4. The number of anilines is 1. The van der Waals surface area contributed by atoms with Crippen molar-refractivity contribution in [2.75, 3.05) is 44.2 Å². The molecule has 2 rings (SSSR count). The van der Waals surface area contributed by atoms with Gasteiger partial charge in [-0.15, -0.1) is 0 Å². The molecule has 1 aromatic carbocycles. The van der Waals surface area contributed by atoms with Crippen molar-refractivity contribution in [3.05, 3.63) is 41.5 Å². The Balaban J connectivity index is 2.21. The number of carbonyl (C=O) groups excluding carboxylic acids is 4. The molecule has 0 radical (unpaired) electrons. The van der Waals surface area contributed by atoms with Gasteiger partial charge in [0.1, 0.15) is 13.1 Å². The highest BCUT2D eigenvalue weighted by Gasteiger charge is 2.25. The van der Waals surface area contributed by atoms with Crippen molar-refractivity contribution in [2.45, 2.75) is 52.4 Å². The summed E-state index contributed by atoms with van der Waals surface area (Å²) in [4.78, 5) is 54.6. The number of hydrogen-bond acceptors (Lipinski definition) is 5. The number of unbranched alkanes of at least 4 members (excludes halogenated alkanes) is 1. The minimum atomic E-state index is -0.634. The molecule has 0 heterocycles. The number of amides is 4. The van der Waals surface area contributed by atoms with Crippen LogP contribution in [-0.4, -0.2) is 72.7 Å². The predicted octanol–water partition coefficient (Wildman–Crippen LogP) is 1.38. The second kappa shape index (κ2) is 14.3. The zero-order chi connectivity index (χ0) is 25.8. The van der Waals surface area contributed by atoms with E-state index >= 15 is 0 Å². The first-order valence-corrected chi connectivity index (χ1v) is 12.4. The van der Waals surface area contributed by atoms with Crippen molar-refractivity contribution in [1.29, 1.82) is 0 Å². The molecule has 1 aliphatic rings. The number of rotatable bonds is 14. The number of primary amides is 1. The van der Waals surface area contributed by atoms with E-state index in [1.807, 2.05) is 37.3 Å². The molecule has 1 aromatic rings. The van der Waals surface area contributed by atoms with Gasteiger partial charge in [0, 0.05) is 25.7 Å². The predicted molar refractivity (Wildman–Crippen MR) is 137 cm³/mol. The minimum Gasteiger partial charge on any atom is -0.368 e. The molecule has 0 unspecified atom stereocenters. The molecule has 0 saturated carbocycles. The fourth-order valence-corrected chi connectivity index (χ4v) is 4.14. The van der Waals surface area contributed by atoms with E-state index in [0.29, 0.717) is 25.2 Å². The number of nitrogens with zero attached hydrogens (tertiary/aromatic N) is 3. The monoisotopic (exact) mass is 485 g/mol. The average Bonchev–Trinajstić information content (AvgIpc) is 3.29. The van der Waals surface area contributed by atoms with E-state index < -0.39 is 11.8 Å². The fourth-order valence-electron chi connectivity index (χ4n) is 4.14. The summed E-state index contributed by atoms with van der Waals surface area (Å²) in [6.07, 6.45) is 8.97. The van der Waals surface area contributed by atoms with E-state index in [9.17, 15) is 19.2 Å². The van der Waals surface area contributed by atoms with Crippen LogP contribution in [0, 0.1) is 0 Å². The summed E-state index contributed by atoms with van der Waals surface area (Å²) >= 11 is 0. The van der Waals surface area contributed by atoms with Gasteiger partial charge >= 0.3 is 0 Å². The Morgan fingerprint density at radius 3 is 2.31 bits per heavy atom. The number of nitrogens with two attached hydrogens (primary N) is 2. The Bertz CT molecular complexity index is 930. The number of allylic oxidation sites excluding steroid dienone is 1. The summed E-state index contributed by atoms with van der Waals surface area (Å²) in [5.74, 6) is -1.59. The van der Waals surface area contributed by atoms with Crippen LogP contribution in [0.5, 0.6) is 0 Å². The van der Waals surface area contributed by atoms with Crippen LogP contribution in [0.25, 0.3) is 0 Å². The molecule has 4 amide bonds. The molecule has 9 nitrogen and oxygen atoms in total. The van der Waals surface area contributed by atoms with Crippen LogP contribution in [0.1, 0.15) is 50.7 Å². The molecular weight excluding hydrogens is 446 g/mol. The van der Waals surface area contributed by atoms with E-state index in [1.165, 1.54) is 27.2 Å². The lowest BCUT2D eigenvalue weighted by Crippen LogP contribution is -2.49. The number of fused-ring (bicyclic) bond motifs is 1. The Morgan fingerprint density at radius 2 is 1.66 bits per heavy atom.